The third kappa shape index (κ3) is 3.74. The Labute approximate surface area is 95.8 Å². The summed E-state index contributed by atoms with van der Waals surface area (Å²) in [7, 11) is 0. The molecule has 16 heavy (non-hydrogen) atoms. The van der Waals surface area contributed by atoms with Crippen LogP contribution in [0.2, 0.25) is 0 Å². The van der Waals surface area contributed by atoms with Crippen LogP contribution in [0.5, 0.6) is 0 Å². The predicted octanol–water partition coefficient (Wildman–Crippen LogP) is 1.75. The van der Waals surface area contributed by atoms with Gasteiger partial charge in [-0.2, -0.15) is 0 Å². The fourth-order valence-corrected chi connectivity index (χ4v) is 1.15. The maximum absolute atomic E-state index is 11.3. The minimum Gasteiger partial charge on any atom is -0.446 e. The van der Waals surface area contributed by atoms with Crippen LogP contribution in [0.3, 0.4) is 0 Å². The van der Waals surface area contributed by atoms with Crippen molar-refractivity contribution < 1.29 is 19.5 Å². The first kappa shape index (κ1) is 12.3. The number of halogens is 1. The average molecular weight is 246 g/mol. The number of esters is 1. The summed E-state index contributed by atoms with van der Waals surface area (Å²) < 4.78 is 4.56. The van der Waals surface area contributed by atoms with Crippen molar-refractivity contribution in [1.29, 1.82) is 0 Å². The second-order valence-electron chi connectivity index (χ2n) is 2.74. The van der Waals surface area contributed by atoms with E-state index in [0.29, 0.717) is 5.56 Å². The highest BCUT2D eigenvalue weighted by Gasteiger charge is 2.07. The van der Waals surface area contributed by atoms with Crippen LogP contribution in [0.25, 0.3) is 0 Å². The second kappa shape index (κ2) is 5.92. The maximum Gasteiger partial charge on any atom is 0.339 e. The van der Waals surface area contributed by atoms with Crippen molar-refractivity contribution in [3.63, 3.8) is 0 Å². The Bertz CT molecular complexity index is 395. The minimum atomic E-state index is -0.899. The standard InChI is InChI=1S/C9H8ClNO5/c10-6-15-9(12)8-3-1-2-7(4-8)5-16-11(13)14/h1-4H,5-6H2. The van der Waals surface area contributed by atoms with Gasteiger partial charge in [0.25, 0.3) is 5.09 Å². The molecular formula is C9H8ClNO5. The number of carbonyl (C=O) groups excluding carboxylic acids is 1. The van der Waals surface area contributed by atoms with Gasteiger partial charge in [0.2, 0.25) is 0 Å². The van der Waals surface area contributed by atoms with Gasteiger partial charge in [-0.15, -0.1) is 10.1 Å². The van der Waals surface area contributed by atoms with E-state index in [2.05, 4.69) is 9.57 Å². The fraction of sp³-hybridized carbons (Fsp3) is 0.222. The first-order chi connectivity index (χ1) is 7.63. The Morgan fingerprint density at radius 1 is 1.50 bits per heavy atom. The lowest BCUT2D eigenvalue weighted by atomic mass is 10.1. The molecule has 0 atom stereocenters. The van der Waals surface area contributed by atoms with E-state index in [4.69, 9.17) is 11.6 Å². The van der Waals surface area contributed by atoms with E-state index in [1.54, 1.807) is 12.1 Å². The van der Waals surface area contributed by atoms with E-state index in [0.717, 1.165) is 0 Å². The first-order valence-electron chi connectivity index (χ1n) is 4.23. The molecule has 6 nitrogen and oxygen atoms in total. The Morgan fingerprint density at radius 2 is 2.25 bits per heavy atom. The molecule has 0 unspecified atom stereocenters. The fourth-order valence-electron chi connectivity index (χ4n) is 1.05. The lowest BCUT2D eigenvalue weighted by molar-refractivity contribution is -0.763. The van der Waals surface area contributed by atoms with Gasteiger partial charge in [-0.25, -0.2) is 4.79 Å². The zero-order chi connectivity index (χ0) is 12.0. The Hall–Kier alpha value is -1.82. The van der Waals surface area contributed by atoms with Crippen molar-refractivity contribution in [2.75, 3.05) is 6.07 Å². The molecular weight excluding hydrogens is 238 g/mol. The van der Waals surface area contributed by atoms with Crippen molar-refractivity contribution in [3.05, 3.63) is 45.5 Å². The molecule has 0 saturated heterocycles. The van der Waals surface area contributed by atoms with Crippen LogP contribution in [0.1, 0.15) is 15.9 Å². The Morgan fingerprint density at radius 3 is 2.88 bits per heavy atom. The third-order valence-electron chi connectivity index (χ3n) is 1.68. The van der Waals surface area contributed by atoms with Crippen LogP contribution in [0.15, 0.2) is 24.3 Å². The summed E-state index contributed by atoms with van der Waals surface area (Å²) in [5, 5.41) is 9.07. The van der Waals surface area contributed by atoms with Crippen molar-refractivity contribution in [2.24, 2.45) is 0 Å². The van der Waals surface area contributed by atoms with Gasteiger partial charge < -0.3 is 9.57 Å². The number of hydrogen-bond acceptors (Lipinski definition) is 5. The molecule has 0 aromatic heterocycles. The number of benzene rings is 1. The zero-order valence-corrected chi connectivity index (χ0v) is 8.85. The number of alkyl halides is 1. The smallest absolute Gasteiger partial charge is 0.339 e. The molecule has 1 aromatic carbocycles. The molecule has 0 amide bonds. The van der Waals surface area contributed by atoms with Gasteiger partial charge in [-0.3, -0.25) is 0 Å². The summed E-state index contributed by atoms with van der Waals surface area (Å²) in [5.74, 6) is -0.585. The number of hydrogen-bond donors (Lipinski definition) is 0. The van der Waals surface area contributed by atoms with Crippen LogP contribution in [-0.2, 0) is 16.2 Å². The molecule has 0 N–H and O–H groups in total. The number of carbonyl (C=O) groups is 1. The normalized spacial score (nSPS) is 9.56. The van der Waals surface area contributed by atoms with E-state index in [1.807, 2.05) is 0 Å². The summed E-state index contributed by atoms with van der Waals surface area (Å²) in [6.07, 6.45) is 0. The van der Waals surface area contributed by atoms with Gasteiger partial charge in [0.15, 0.2) is 6.07 Å². The summed E-state index contributed by atoms with van der Waals surface area (Å²) in [6, 6.07) is 5.89. The number of nitrogens with zero attached hydrogens (tertiary/aromatic N) is 1. The molecule has 0 aliphatic rings. The lowest BCUT2D eigenvalue weighted by Gasteiger charge is -2.03. The molecule has 0 aliphatic carbocycles. The summed E-state index contributed by atoms with van der Waals surface area (Å²) >= 11 is 5.23. The van der Waals surface area contributed by atoms with E-state index in [1.165, 1.54) is 12.1 Å². The van der Waals surface area contributed by atoms with Crippen LogP contribution in [0, 0.1) is 10.1 Å². The molecule has 0 spiro atoms. The SMILES string of the molecule is O=C(OCCl)c1cccc(CO[N+](=O)[O-])c1. The quantitative estimate of drug-likeness (QED) is 0.342. The van der Waals surface area contributed by atoms with E-state index in [-0.39, 0.29) is 18.2 Å². The topological polar surface area (TPSA) is 78.7 Å². The maximum atomic E-state index is 11.3. The van der Waals surface area contributed by atoms with E-state index < -0.39 is 11.1 Å². The largest absolute Gasteiger partial charge is 0.446 e. The summed E-state index contributed by atoms with van der Waals surface area (Å²) in [5.41, 5.74) is 0.769. The van der Waals surface area contributed by atoms with Gasteiger partial charge in [0.05, 0.1) is 5.56 Å². The highest BCUT2D eigenvalue weighted by molar-refractivity contribution is 6.17. The second-order valence-corrected chi connectivity index (χ2v) is 2.96. The average Bonchev–Trinajstić information content (AvgIpc) is 2.27. The van der Waals surface area contributed by atoms with E-state index >= 15 is 0 Å². The molecule has 1 aromatic rings. The highest BCUT2D eigenvalue weighted by atomic mass is 35.5. The molecule has 0 bridgehead atoms. The predicted molar refractivity (Wildman–Crippen MR) is 54.4 cm³/mol. The van der Waals surface area contributed by atoms with Crippen LogP contribution >= 0.6 is 11.6 Å². The van der Waals surface area contributed by atoms with Crippen LogP contribution in [-0.4, -0.2) is 17.1 Å². The Kier molecular flexibility index (Phi) is 4.53. The van der Waals surface area contributed by atoms with Crippen molar-refractivity contribution in [3.8, 4) is 0 Å². The molecule has 0 radical (unpaired) electrons. The van der Waals surface area contributed by atoms with Gasteiger partial charge in [0, 0.05) is 0 Å². The first-order valence-corrected chi connectivity index (χ1v) is 4.76. The van der Waals surface area contributed by atoms with Gasteiger partial charge in [-0.1, -0.05) is 23.7 Å². The molecule has 0 saturated carbocycles. The summed E-state index contributed by atoms with van der Waals surface area (Å²) in [4.78, 5) is 25.4. The molecule has 86 valence electrons. The minimum absolute atomic E-state index is 0.213. The molecule has 1 rings (SSSR count). The molecule has 0 aliphatic heterocycles. The lowest BCUT2D eigenvalue weighted by Crippen LogP contribution is -2.05. The molecule has 0 heterocycles. The molecule has 7 heteroatoms. The van der Waals surface area contributed by atoms with Crippen LogP contribution in [0.4, 0.5) is 0 Å². The zero-order valence-electron chi connectivity index (χ0n) is 8.09. The third-order valence-corrected chi connectivity index (χ3v) is 1.79. The van der Waals surface area contributed by atoms with Gasteiger partial charge >= 0.3 is 5.97 Å². The van der Waals surface area contributed by atoms with Crippen molar-refractivity contribution in [2.45, 2.75) is 6.61 Å². The van der Waals surface area contributed by atoms with Gasteiger partial charge in [0.1, 0.15) is 6.61 Å². The van der Waals surface area contributed by atoms with Crippen LogP contribution < -0.4 is 0 Å². The monoisotopic (exact) mass is 245 g/mol. The highest BCUT2D eigenvalue weighted by Crippen LogP contribution is 2.08. The van der Waals surface area contributed by atoms with Crippen molar-refractivity contribution in [1.82, 2.24) is 0 Å². The number of rotatable bonds is 5. The van der Waals surface area contributed by atoms with Gasteiger partial charge in [-0.05, 0) is 17.7 Å². The van der Waals surface area contributed by atoms with Crippen molar-refractivity contribution >= 4 is 17.6 Å². The number of ether oxygens (including phenoxy) is 1. The summed E-state index contributed by atoms with van der Waals surface area (Å²) in [6.45, 7) is -0.213. The Balaban J connectivity index is 2.70. The molecule has 0 fully saturated rings. The van der Waals surface area contributed by atoms with E-state index in [9.17, 15) is 14.9 Å².